The summed E-state index contributed by atoms with van der Waals surface area (Å²) >= 11 is 6.07. The Kier molecular flexibility index (Phi) is 6.57. The molecule has 1 aliphatic heterocycles. The van der Waals surface area contributed by atoms with E-state index in [0.717, 1.165) is 5.56 Å². The minimum Gasteiger partial charge on any atom is -0.383 e. The molecule has 1 saturated heterocycles. The highest BCUT2D eigenvalue weighted by molar-refractivity contribution is 6.30. The molecule has 3 N–H and O–H groups in total. The maximum Gasteiger partial charge on any atom is 0.255 e. The van der Waals surface area contributed by atoms with Crippen LogP contribution in [0.3, 0.4) is 0 Å². The summed E-state index contributed by atoms with van der Waals surface area (Å²) in [5.41, 5.74) is 8.44. The first-order valence-electron chi connectivity index (χ1n) is 10.9. The quantitative estimate of drug-likeness (QED) is 0.434. The SMILES string of the molecule is C=CC(=O)N1CC(n2c(C#CC)c(C(=O)NCc3cccc(Cl)c3)c3c(N)ncnc32)CC1C. The maximum atomic E-state index is 13.5. The Balaban J connectivity index is 1.80. The number of nitrogens with zero attached hydrogens (tertiary/aromatic N) is 4. The van der Waals surface area contributed by atoms with Gasteiger partial charge in [0.15, 0.2) is 0 Å². The lowest BCUT2D eigenvalue weighted by molar-refractivity contribution is -0.126. The number of amides is 2. The third-order valence-electron chi connectivity index (χ3n) is 6.00. The zero-order valence-corrected chi connectivity index (χ0v) is 19.8. The van der Waals surface area contributed by atoms with Crippen molar-refractivity contribution in [3.05, 3.63) is 65.1 Å². The maximum absolute atomic E-state index is 13.5. The highest BCUT2D eigenvalue weighted by Gasteiger charge is 2.36. The minimum atomic E-state index is -0.340. The Hall–Kier alpha value is -3.83. The highest BCUT2D eigenvalue weighted by Crippen LogP contribution is 2.36. The number of benzene rings is 1. The number of likely N-dealkylation sites (tertiary alicyclic amines) is 1. The number of hydrogen-bond donors (Lipinski definition) is 2. The fraction of sp³-hybridized carbons (Fsp3) is 0.280. The van der Waals surface area contributed by atoms with E-state index in [0.29, 0.717) is 40.3 Å². The van der Waals surface area contributed by atoms with E-state index in [1.807, 2.05) is 23.6 Å². The molecule has 9 heteroatoms. The minimum absolute atomic E-state index is 0.00493. The standard InChI is InChI=1S/C25H25ClN6O2/c1-4-7-19-21(25(34)28-12-16-8-6-9-17(26)11-16)22-23(27)29-14-30-24(22)32(19)18-10-15(3)31(13-18)20(33)5-2/h5-6,8-9,11,14-15,18H,2,10,12-13H2,1,3H3,(H,28,34)(H2,27,29,30). The molecule has 3 aromatic rings. The van der Waals surface area contributed by atoms with Crippen molar-refractivity contribution in [3.8, 4) is 11.8 Å². The van der Waals surface area contributed by atoms with Gasteiger partial charge in [0, 0.05) is 24.2 Å². The summed E-state index contributed by atoms with van der Waals surface area (Å²) in [6.07, 6.45) is 3.36. The van der Waals surface area contributed by atoms with Gasteiger partial charge >= 0.3 is 0 Å². The van der Waals surface area contributed by atoms with Crippen molar-refractivity contribution in [1.29, 1.82) is 0 Å². The van der Waals surface area contributed by atoms with Crippen LogP contribution in [0.1, 0.15) is 47.9 Å². The van der Waals surface area contributed by atoms with Gasteiger partial charge in [-0.2, -0.15) is 0 Å². The molecule has 1 fully saturated rings. The number of carbonyl (C=O) groups excluding carboxylic acids is 2. The molecule has 174 valence electrons. The second kappa shape index (κ2) is 9.57. The third kappa shape index (κ3) is 4.22. The van der Waals surface area contributed by atoms with Gasteiger partial charge in [0.25, 0.3) is 5.91 Å². The Morgan fingerprint density at radius 2 is 2.18 bits per heavy atom. The van der Waals surface area contributed by atoms with Gasteiger partial charge in [-0.1, -0.05) is 36.2 Å². The van der Waals surface area contributed by atoms with E-state index in [1.165, 1.54) is 12.4 Å². The first kappa shape index (κ1) is 23.3. The van der Waals surface area contributed by atoms with E-state index in [-0.39, 0.29) is 36.3 Å². The number of carbonyl (C=O) groups is 2. The van der Waals surface area contributed by atoms with Crippen molar-refractivity contribution in [1.82, 2.24) is 24.8 Å². The molecular weight excluding hydrogens is 452 g/mol. The number of halogens is 1. The van der Waals surface area contributed by atoms with Gasteiger partial charge in [-0.15, -0.1) is 0 Å². The number of rotatable bonds is 5. The molecule has 0 aliphatic carbocycles. The van der Waals surface area contributed by atoms with Gasteiger partial charge in [-0.25, -0.2) is 9.97 Å². The van der Waals surface area contributed by atoms with E-state index in [4.69, 9.17) is 17.3 Å². The van der Waals surface area contributed by atoms with Crippen LogP contribution in [0, 0.1) is 11.8 Å². The smallest absolute Gasteiger partial charge is 0.255 e. The topological polar surface area (TPSA) is 106 Å². The number of nitrogens with one attached hydrogen (secondary N) is 1. The molecular formula is C25H25ClN6O2. The van der Waals surface area contributed by atoms with Gasteiger partial charge in [0.2, 0.25) is 5.91 Å². The van der Waals surface area contributed by atoms with Crippen molar-refractivity contribution in [2.75, 3.05) is 12.3 Å². The van der Waals surface area contributed by atoms with E-state index in [2.05, 4.69) is 33.7 Å². The van der Waals surface area contributed by atoms with Crippen LogP contribution in [-0.4, -0.2) is 43.8 Å². The van der Waals surface area contributed by atoms with E-state index < -0.39 is 0 Å². The van der Waals surface area contributed by atoms with E-state index >= 15 is 0 Å². The summed E-state index contributed by atoms with van der Waals surface area (Å²) in [6, 6.07) is 7.13. The van der Waals surface area contributed by atoms with Crippen molar-refractivity contribution < 1.29 is 9.59 Å². The van der Waals surface area contributed by atoms with Crippen LogP contribution in [0.5, 0.6) is 0 Å². The van der Waals surface area contributed by atoms with Crippen LogP contribution in [0.25, 0.3) is 11.0 Å². The fourth-order valence-electron chi connectivity index (χ4n) is 4.51. The molecule has 2 atom stereocenters. The number of hydrogen-bond acceptors (Lipinski definition) is 5. The van der Waals surface area contributed by atoms with Gasteiger partial charge in [0.05, 0.1) is 17.0 Å². The monoisotopic (exact) mass is 476 g/mol. The highest BCUT2D eigenvalue weighted by atomic mass is 35.5. The second-order valence-corrected chi connectivity index (χ2v) is 8.61. The number of anilines is 1. The van der Waals surface area contributed by atoms with Crippen molar-refractivity contribution in [3.63, 3.8) is 0 Å². The Labute approximate surface area is 202 Å². The van der Waals surface area contributed by atoms with Gasteiger partial charge < -0.3 is 20.5 Å². The molecule has 1 aliphatic rings. The number of nitrogen functional groups attached to an aromatic ring is 1. The number of nitrogens with two attached hydrogens (primary N) is 1. The van der Waals surface area contributed by atoms with Crippen LogP contribution < -0.4 is 11.1 Å². The summed E-state index contributed by atoms with van der Waals surface area (Å²) in [7, 11) is 0. The van der Waals surface area contributed by atoms with Crippen LogP contribution >= 0.6 is 11.6 Å². The fourth-order valence-corrected chi connectivity index (χ4v) is 4.72. The lowest BCUT2D eigenvalue weighted by atomic mass is 10.1. The Morgan fingerprint density at radius 1 is 1.38 bits per heavy atom. The van der Waals surface area contributed by atoms with Crippen molar-refractivity contribution >= 4 is 40.3 Å². The summed E-state index contributed by atoms with van der Waals surface area (Å²) in [4.78, 5) is 36.1. The molecule has 3 heterocycles. The zero-order chi connectivity index (χ0) is 24.4. The van der Waals surface area contributed by atoms with Gasteiger partial charge in [-0.05, 0) is 50.0 Å². The van der Waals surface area contributed by atoms with Crippen LogP contribution in [0.2, 0.25) is 5.02 Å². The molecule has 0 radical (unpaired) electrons. The molecule has 0 bridgehead atoms. The molecule has 4 rings (SSSR count). The summed E-state index contributed by atoms with van der Waals surface area (Å²) in [5.74, 6) is 5.71. The predicted octanol–water partition coefficient (Wildman–Crippen LogP) is 3.32. The van der Waals surface area contributed by atoms with Crippen molar-refractivity contribution in [2.45, 2.75) is 38.9 Å². The van der Waals surface area contributed by atoms with Crippen LogP contribution in [-0.2, 0) is 11.3 Å². The average Bonchev–Trinajstić information content (AvgIpc) is 3.35. The molecule has 2 aromatic heterocycles. The van der Waals surface area contributed by atoms with Crippen LogP contribution in [0.15, 0.2) is 43.2 Å². The molecule has 2 amide bonds. The van der Waals surface area contributed by atoms with Crippen molar-refractivity contribution in [2.24, 2.45) is 0 Å². The molecule has 0 spiro atoms. The number of fused-ring (bicyclic) bond motifs is 1. The lowest BCUT2D eigenvalue weighted by Crippen LogP contribution is -2.32. The predicted molar refractivity (Wildman–Crippen MR) is 132 cm³/mol. The van der Waals surface area contributed by atoms with E-state index in [9.17, 15) is 9.59 Å². The lowest BCUT2D eigenvalue weighted by Gasteiger charge is -2.19. The molecule has 34 heavy (non-hydrogen) atoms. The average molecular weight is 477 g/mol. The molecule has 0 saturated carbocycles. The first-order valence-corrected chi connectivity index (χ1v) is 11.3. The Morgan fingerprint density at radius 3 is 2.88 bits per heavy atom. The van der Waals surface area contributed by atoms with Gasteiger partial charge in [-0.3, -0.25) is 9.59 Å². The Bertz CT molecular complexity index is 1350. The van der Waals surface area contributed by atoms with Crippen LogP contribution in [0.4, 0.5) is 5.82 Å². The summed E-state index contributed by atoms with van der Waals surface area (Å²) < 4.78 is 1.92. The second-order valence-electron chi connectivity index (χ2n) is 8.17. The van der Waals surface area contributed by atoms with Gasteiger partial charge in [0.1, 0.15) is 23.5 Å². The normalized spacial score (nSPS) is 17.3. The third-order valence-corrected chi connectivity index (χ3v) is 6.24. The summed E-state index contributed by atoms with van der Waals surface area (Å²) in [5, 5.41) is 3.98. The largest absolute Gasteiger partial charge is 0.383 e. The molecule has 8 nitrogen and oxygen atoms in total. The molecule has 1 aromatic carbocycles. The first-order chi connectivity index (χ1) is 16.3. The van der Waals surface area contributed by atoms with E-state index in [1.54, 1.807) is 24.0 Å². The zero-order valence-electron chi connectivity index (χ0n) is 19.0. The summed E-state index contributed by atoms with van der Waals surface area (Å²) in [6.45, 7) is 8.02. The molecule has 2 unspecified atom stereocenters. The number of aromatic nitrogens is 3.